The van der Waals surface area contributed by atoms with Crippen molar-refractivity contribution < 1.29 is 4.39 Å². The van der Waals surface area contributed by atoms with Crippen molar-refractivity contribution in [2.24, 2.45) is 5.92 Å². The van der Waals surface area contributed by atoms with E-state index < -0.39 is 0 Å². The van der Waals surface area contributed by atoms with E-state index in [4.69, 9.17) is 5.73 Å². The summed E-state index contributed by atoms with van der Waals surface area (Å²) in [6.45, 7) is -0.209. The minimum Gasteiger partial charge on any atom is -0.398 e. The number of nitrogen functional groups attached to an aromatic ring is 1. The highest BCUT2D eigenvalue weighted by molar-refractivity contribution is 5.49. The van der Waals surface area contributed by atoms with Crippen molar-refractivity contribution in [3.05, 3.63) is 29.8 Å². The molecule has 0 aromatic heterocycles. The van der Waals surface area contributed by atoms with Gasteiger partial charge in [0, 0.05) is 5.69 Å². The van der Waals surface area contributed by atoms with Gasteiger partial charge in [-0.05, 0) is 36.3 Å². The molecule has 2 atom stereocenters. The lowest BCUT2D eigenvalue weighted by Crippen LogP contribution is -2.26. The highest BCUT2D eigenvalue weighted by Crippen LogP contribution is 2.44. The molecule has 1 nitrogen and oxygen atoms in total. The van der Waals surface area contributed by atoms with Gasteiger partial charge in [-0.15, -0.1) is 0 Å². The van der Waals surface area contributed by atoms with Crippen LogP contribution < -0.4 is 5.73 Å². The Morgan fingerprint density at radius 3 is 2.62 bits per heavy atom. The average molecular weight is 179 g/mol. The van der Waals surface area contributed by atoms with Crippen LogP contribution in [-0.4, -0.2) is 6.67 Å². The second kappa shape index (κ2) is 3.36. The van der Waals surface area contributed by atoms with E-state index in [2.05, 4.69) is 0 Å². The minimum atomic E-state index is -0.209. The largest absolute Gasteiger partial charge is 0.398 e. The second-order valence-corrected chi connectivity index (χ2v) is 3.73. The Morgan fingerprint density at radius 1 is 1.31 bits per heavy atom. The summed E-state index contributed by atoms with van der Waals surface area (Å²) in [6, 6.07) is 7.80. The minimum absolute atomic E-state index is 0.209. The maximum atomic E-state index is 12.5. The van der Waals surface area contributed by atoms with Crippen molar-refractivity contribution in [1.82, 2.24) is 0 Å². The summed E-state index contributed by atoms with van der Waals surface area (Å²) in [6.07, 6.45) is 2.10. The first-order valence-electron chi connectivity index (χ1n) is 4.73. The molecule has 2 unspecified atom stereocenters. The summed E-state index contributed by atoms with van der Waals surface area (Å²) in [5.41, 5.74) is 7.77. The van der Waals surface area contributed by atoms with E-state index in [1.165, 1.54) is 0 Å². The summed E-state index contributed by atoms with van der Waals surface area (Å²) in [7, 11) is 0. The molecule has 1 saturated carbocycles. The summed E-state index contributed by atoms with van der Waals surface area (Å²) in [5, 5.41) is 0. The molecule has 2 rings (SSSR count). The first kappa shape index (κ1) is 8.54. The van der Waals surface area contributed by atoms with Gasteiger partial charge in [-0.3, -0.25) is 4.39 Å². The first-order valence-corrected chi connectivity index (χ1v) is 4.73. The Morgan fingerprint density at radius 2 is 2.08 bits per heavy atom. The van der Waals surface area contributed by atoms with Crippen LogP contribution in [0, 0.1) is 5.92 Å². The average Bonchev–Trinajstić information content (AvgIpc) is 2.08. The maximum Gasteiger partial charge on any atom is 0.0928 e. The number of nitrogens with two attached hydrogens (primary N) is 1. The van der Waals surface area contributed by atoms with Crippen LogP contribution in [0.1, 0.15) is 24.3 Å². The Hall–Kier alpha value is -1.05. The molecule has 2 heteroatoms. The van der Waals surface area contributed by atoms with Gasteiger partial charge in [0.2, 0.25) is 0 Å². The Bertz CT molecular complexity index is 296. The van der Waals surface area contributed by atoms with Gasteiger partial charge in [0.25, 0.3) is 0 Å². The fraction of sp³-hybridized carbons (Fsp3) is 0.455. The molecule has 2 N–H and O–H groups in total. The van der Waals surface area contributed by atoms with Gasteiger partial charge in [-0.25, -0.2) is 0 Å². The normalized spacial score (nSPS) is 26.8. The van der Waals surface area contributed by atoms with Crippen LogP contribution in [0.4, 0.5) is 10.1 Å². The molecule has 0 bridgehead atoms. The SMILES string of the molecule is Nc1ccccc1C1CCC1CF. The topological polar surface area (TPSA) is 26.0 Å². The van der Waals surface area contributed by atoms with Crippen molar-refractivity contribution in [1.29, 1.82) is 0 Å². The number of benzene rings is 1. The van der Waals surface area contributed by atoms with Crippen molar-refractivity contribution in [3.8, 4) is 0 Å². The number of alkyl halides is 1. The van der Waals surface area contributed by atoms with E-state index in [1.807, 2.05) is 24.3 Å². The van der Waals surface area contributed by atoms with Crippen molar-refractivity contribution in [2.75, 3.05) is 12.4 Å². The Balaban J connectivity index is 2.21. The van der Waals surface area contributed by atoms with Crippen LogP contribution in [0.2, 0.25) is 0 Å². The summed E-state index contributed by atoms with van der Waals surface area (Å²) in [5.74, 6) is 0.580. The molecule has 13 heavy (non-hydrogen) atoms. The molecule has 70 valence electrons. The number of anilines is 1. The maximum absolute atomic E-state index is 12.5. The third kappa shape index (κ3) is 1.41. The van der Waals surface area contributed by atoms with Gasteiger partial charge in [0.1, 0.15) is 0 Å². The molecule has 1 aliphatic carbocycles. The molecular weight excluding hydrogens is 165 g/mol. The molecule has 0 heterocycles. The van der Waals surface area contributed by atoms with Gasteiger partial charge in [0.15, 0.2) is 0 Å². The fourth-order valence-electron chi connectivity index (χ4n) is 2.01. The van der Waals surface area contributed by atoms with Crippen molar-refractivity contribution in [2.45, 2.75) is 18.8 Å². The van der Waals surface area contributed by atoms with Gasteiger partial charge in [-0.2, -0.15) is 0 Å². The van der Waals surface area contributed by atoms with Gasteiger partial charge < -0.3 is 5.73 Å². The molecule has 0 aliphatic heterocycles. The zero-order chi connectivity index (χ0) is 9.26. The standard InChI is InChI=1S/C11H14FN/c12-7-8-5-6-9(8)10-3-1-2-4-11(10)13/h1-4,8-9H,5-7,13H2. The lowest BCUT2D eigenvalue weighted by atomic mass is 9.70. The molecule has 1 aromatic rings. The third-order valence-electron chi connectivity index (χ3n) is 3.01. The summed E-state index contributed by atoms with van der Waals surface area (Å²) < 4.78 is 12.5. The Kier molecular flexibility index (Phi) is 2.21. The monoisotopic (exact) mass is 179 g/mol. The lowest BCUT2D eigenvalue weighted by molar-refractivity contribution is 0.200. The molecule has 0 spiro atoms. The van der Waals surface area contributed by atoms with E-state index in [0.29, 0.717) is 5.92 Å². The van der Waals surface area contributed by atoms with Crippen molar-refractivity contribution >= 4 is 5.69 Å². The molecule has 0 radical (unpaired) electrons. The molecule has 0 amide bonds. The third-order valence-corrected chi connectivity index (χ3v) is 3.01. The van der Waals surface area contributed by atoms with E-state index in [1.54, 1.807) is 0 Å². The zero-order valence-electron chi connectivity index (χ0n) is 7.54. The number of hydrogen-bond donors (Lipinski definition) is 1. The van der Waals surface area contributed by atoms with Crippen LogP contribution in [0.5, 0.6) is 0 Å². The Labute approximate surface area is 77.8 Å². The summed E-state index contributed by atoms with van der Waals surface area (Å²) in [4.78, 5) is 0. The number of hydrogen-bond acceptors (Lipinski definition) is 1. The van der Waals surface area contributed by atoms with Crippen molar-refractivity contribution in [3.63, 3.8) is 0 Å². The van der Waals surface area contributed by atoms with Gasteiger partial charge in [0.05, 0.1) is 6.67 Å². The van der Waals surface area contributed by atoms with Crippen LogP contribution in [0.3, 0.4) is 0 Å². The van der Waals surface area contributed by atoms with Crippen LogP contribution in [0.25, 0.3) is 0 Å². The highest BCUT2D eigenvalue weighted by Gasteiger charge is 2.32. The van der Waals surface area contributed by atoms with E-state index in [-0.39, 0.29) is 12.6 Å². The predicted molar refractivity (Wildman–Crippen MR) is 52.3 cm³/mol. The molecular formula is C11H14FN. The first-order chi connectivity index (χ1) is 6.33. The second-order valence-electron chi connectivity index (χ2n) is 3.73. The number of halogens is 1. The van der Waals surface area contributed by atoms with E-state index in [0.717, 1.165) is 24.1 Å². The predicted octanol–water partition coefficient (Wildman–Crippen LogP) is 2.73. The summed E-state index contributed by atoms with van der Waals surface area (Å²) >= 11 is 0. The lowest BCUT2D eigenvalue weighted by Gasteiger charge is -2.35. The van der Waals surface area contributed by atoms with E-state index in [9.17, 15) is 4.39 Å². The molecule has 0 saturated heterocycles. The highest BCUT2D eigenvalue weighted by atomic mass is 19.1. The number of rotatable bonds is 2. The fourth-order valence-corrected chi connectivity index (χ4v) is 2.01. The van der Waals surface area contributed by atoms with Crippen LogP contribution in [-0.2, 0) is 0 Å². The smallest absolute Gasteiger partial charge is 0.0928 e. The number of para-hydroxylation sites is 1. The van der Waals surface area contributed by atoms with Gasteiger partial charge >= 0.3 is 0 Å². The molecule has 1 fully saturated rings. The van der Waals surface area contributed by atoms with Crippen LogP contribution in [0.15, 0.2) is 24.3 Å². The zero-order valence-corrected chi connectivity index (χ0v) is 7.54. The molecule has 1 aromatic carbocycles. The van der Waals surface area contributed by atoms with E-state index >= 15 is 0 Å². The quantitative estimate of drug-likeness (QED) is 0.694. The van der Waals surface area contributed by atoms with Gasteiger partial charge in [-0.1, -0.05) is 18.2 Å². The van der Waals surface area contributed by atoms with Crippen LogP contribution >= 0.6 is 0 Å². The molecule has 1 aliphatic rings.